The van der Waals surface area contributed by atoms with E-state index in [0.717, 1.165) is 33.4 Å². The Morgan fingerprint density at radius 1 is 0.962 bits per heavy atom. The highest BCUT2D eigenvalue weighted by atomic mass is 35.5. The summed E-state index contributed by atoms with van der Waals surface area (Å²) < 4.78 is 4.88. The fourth-order valence-corrected chi connectivity index (χ4v) is 2.91. The van der Waals surface area contributed by atoms with Crippen molar-refractivity contribution in [3.05, 3.63) is 73.8 Å². The lowest BCUT2D eigenvalue weighted by Gasteiger charge is -2.13. The standard InChI is InChI=1S/C22H26Cl2O2/c1-7-26-20(25)13-15(3)10-8-9-14(2)11-12-19-16(4)21(23)18(6)22(24)17(19)5/h8-13H,7H2,1-6H3/b10-8+,12-11+,14-9+,15-13+. The van der Waals surface area contributed by atoms with Gasteiger partial charge in [-0.25, -0.2) is 4.79 Å². The van der Waals surface area contributed by atoms with Gasteiger partial charge in [-0.15, -0.1) is 0 Å². The number of hydrogen-bond donors (Lipinski definition) is 0. The topological polar surface area (TPSA) is 26.3 Å². The molecule has 0 radical (unpaired) electrons. The normalized spacial score (nSPS) is 13.1. The van der Waals surface area contributed by atoms with Crippen LogP contribution in [0.3, 0.4) is 0 Å². The van der Waals surface area contributed by atoms with Gasteiger partial charge < -0.3 is 4.74 Å². The lowest BCUT2D eigenvalue weighted by atomic mass is 9.98. The maximum Gasteiger partial charge on any atom is 0.330 e. The van der Waals surface area contributed by atoms with Crippen molar-refractivity contribution in [2.24, 2.45) is 0 Å². The van der Waals surface area contributed by atoms with Gasteiger partial charge in [0.25, 0.3) is 0 Å². The molecule has 1 aromatic carbocycles. The molecule has 0 aliphatic rings. The molecule has 0 saturated heterocycles. The summed E-state index contributed by atoms with van der Waals surface area (Å²) >= 11 is 12.7. The Morgan fingerprint density at radius 2 is 1.54 bits per heavy atom. The molecular weight excluding hydrogens is 367 g/mol. The van der Waals surface area contributed by atoms with Crippen LogP contribution in [0.25, 0.3) is 6.08 Å². The molecule has 0 aromatic heterocycles. The smallest absolute Gasteiger partial charge is 0.330 e. The third-order valence-electron chi connectivity index (χ3n) is 3.99. The first-order chi connectivity index (χ1) is 12.2. The number of allylic oxidation sites excluding steroid dienone is 6. The van der Waals surface area contributed by atoms with E-state index in [0.29, 0.717) is 16.7 Å². The Morgan fingerprint density at radius 3 is 2.08 bits per heavy atom. The molecule has 0 spiro atoms. The van der Waals surface area contributed by atoms with E-state index in [9.17, 15) is 4.79 Å². The number of hydrogen-bond acceptors (Lipinski definition) is 2. The zero-order valence-electron chi connectivity index (χ0n) is 16.2. The van der Waals surface area contributed by atoms with Crippen molar-refractivity contribution in [3.63, 3.8) is 0 Å². The Bertz CT molecular complexity index is 768. The van der Waals surface area contributed by atoms with Crippen LogP contribution in [0.2, 0.25) is 10.0 Å². The average Bonchev–Trinajstić information content (AvgIpc) is 2.58. The van der Waals surface area contributed by atoms with Crippen molar-refractivity contribution in [1.29, 1.82) is 0 Å². The Labute approximate surface area is 166 Å². The molecule has 2 nitrogen and oxygen atoms in total. The third-order valence-corrected chi connectivity index (χ3v) is 5.12. The van der Waals surface area contributed by atoms with Crippen molar-refractivity contribution < 1.29 is 9.53 Å². The highest BCUT2D eigenvalue weighted by molar-refractivity contribution is 6.37. The van der Waals surface area contributed by atoms with E-state index >= 15 is 0 Å². The number of esters is 1. The summed E-state index contributed by atoms with van der Waals surface area (Å²) in [4.78, 5) is 11.4. The van der Waals surface area contributed by atoms with E-state index in [1.54, 1.807) is 6.92 Å². The van der Waals surface area contributed by atoms with Crippen molar-refractivity contribution in [1.82, 2.24) is 0 Å². The summed E-state index contributed by atoms with van der Waals surface area (Å²) in [6, 6.07) is 0. The summed E-state index contributed by atoms with van der Waals surface area (Å²) in [6.07, 6.45) is 11.3. The van der Waals surface area contributed by atoms with E-state index in [-0.39, 0.29) is 5.97 Å². The number of benzene rings is 1. The van der Waals surface area contributed by atoms with Crippen LogP contribution in [0.4, 0.5) is 0 Å². The van der Waals surface area contributed by atoms with Crippen LogP contribution < -0.4 is 0 Å². The van der Waals surface area contributed by atoms with Crippen molar-refractivity contribution >= 4 is 35.2 Å². The summed E-state index contributed by atoms with van der Waals surface area (Å²) in [7, 11) is 0. The number of halogens is 2. The van der Waals surface area contributed by atoms with E-state index in [2.05, 4.69) is 0 Å². The van der Waals surface area contributed by atoms with Gasteiger partial charge in [0.05, 0.1) is 6.61 Å². The molecular formula is C22H26Cl2O2. The van der Waals surface area contributed by atoms with Crippen molar-refractivity contribution in [3.8, 4) is 0 Å². The largest absolute Gasteiger partial charge is 0.463 e. The maximum absolute atomic E-state index is 11.4. The molecule has 140 valence electrons. The van der Waals surface area contributed by atoms with Gasteiger partial charge in [0.1, 0.15) is 0 Å². The van der Waals surface area contributed by atoms with Crippen LogP contribution >= 0.6 is 23.2 Å². The van der Waals surface area contributed by atoms with E-state index in [4.69, 9.17) is 27.9 Å². The number of carbonyl (C=O) groups excluding carboxylic acids is 1. The molecule has 0 heterocycles. The number of carbonyl (C=O) groups is 1. The highest BCUT2D eigenvalue weighted by Gasteiger charge is 2.12. The first kappa shape index (κ1) is 22.3. The summed E-state index contributed by atoms with van der Waals surface area (Å²) in [5, 5.41) is 1.42. The highest BCUT2D eigenvalue weighted by Crippen LogP contribution is 2.34. The predicted molar refractivity (Wildman–Crippen MR) is 113 cm³/mol. The first-order valence-electron chi connectivity index (χ1n) is 8.51. The fourth-order valence-electron chi connectivity index (χ4n) is 2.47. The van der Waals surface area contributed by atoms with E-state index < -0.39 is 0 Å². The van der Waals surface area contributed by atoms with Gasteiger partial charge in [0.2, 0.25) is 0 Å². The van der Waals surface area contributed by atoms with Crippen molar-refractivity contribution in [2.75, 3.05) is 6.61 Å². The second-order valence-corrected chi connectivity index (χ2v) is 6.92. The lowest BCUT2D eigenvalue weighted by Crippen LogP contribution is -1.99. The minimum absolute atomic E-state index is 0.325. The monoisotopic (exact) mass is 392 g/mol. The van der Waals surface area contributed by atoms with Gasteiger partial charge in [-0.2, -0.15) is 0 Å². The van der Waals surface area contributed by atoms with Gasteiger partial charge in [-0.05, 0) is 69.4 Å². The number of ether oxygens (including phenoxy) is 1. The van der Waals surface area contributed by atoms with Gasteiger partial charge in [-0.1, -0.05) is 59.2 Å². The Hall–Kier alpha value is -1.77. The second kappa shape index (κ2) is 10.4. The molecule has 0 atom stereocenters. The molecule has 0 aliphatic heterocycles. The van der Waals surface area contributed by atoms with E-state index in [1.807, 2.05) is 65.0 Å². The number of rotatable bonds is 6. The summed E-state index contributed by atoms with van der Waals surface area (Å²) in [6.45, 7) is 12.0. The first-order valence-corrected chi connectivity index (χ1v) is 9.27. The molecule has 1 rings (SSSR count). The molecule has 0 bridgehead atoms. The van der Waals surface area contributed by atoms with Gasteiger partial charge in [-0.3, -0.25) is 0 Å². The van der Waals surface area contributed by atoms with Crippen LogP contribution in [0, 0.1) is 20.8 Å². The van der Waals surface area contributed by atoms with Crippen molar-refractivity contribution in [2.45, 2.75) is 41.5 Å². The summed E-state index contributed by atoms with van der Waals surface area (Å²) in [5.74, 6) is -0.325. The van der Waals surface area contributed by atoms with Crippen LogP contribution in [-0.2, 0) is 9.53 Å². The fraction of sp³-hybridized carbons (Fsp3) is 0.318. The Kier molecular flexibility index (Phi) is 8.91. The average molecular weight is 393 g/mol. The van der Waals surface area contributed by atoms with Crippen LogP contribution in [0.15, 0.2) is 41.5 Å². The van der Waals surface area contributed by atoms with Crippen LogP contribution in [0.1, 0.15) is 43.0 Å². The minimum atomic E-state index is -0.325. The minimum Gasteiger partial charge on any atom is -0.463 e. The molecule has 1 aromatic rings. The van der Waals surface area contributed by atoms with Gasteiger partial charge >= 0.3 is 5.97 Å². The van der Waals surface area contributed by atoms with Crippen LogP contribution in [-0.4, -0.2) is 12.6 Å². The zero-order chi connectivity index (χ0) is 19.9. The van der Waals surface area contributed by atoms with Crippen LogP contribution in [0.5, 0.6) is 0 Å². The van der Waals surface area contributed by atoms with Gasteiger partial charge in [0.15, 0.2) is 0 Å². The molecule has 0 N–H and O–H groups in total. The van der Waals surface area contributed by atoms with E-state index in [1.165, 1.54) is 6.08 Å². The van der Waals surface area contributed by atoms with Gasteiger partial charge in [0, 0.05) is 16.1 Å². The molecule has 26 heavy (non-hydrogen) atoms. The Balaban J connectivity index is 2.95. The SMILES string of the molecule is CCOC(=O)/C=C(C)/C=C/C=C(C)/C=C/c1c(C)c(Cl)c(C)c(Cl)c1C. The molecule has 0 saturated carbocycles. The predicted octanol–water partition coefficient (Wildman–Crippen LogP) is 6.94. The zero-order valence-corrected chi connectivity index (χ0v) is 17.8. The molecule has 4 heteroatoms. The molecule has 0 unspecified atom stereocenters. The maximum atomic E-state index is 11.4. The summed E-state index contributed by atoms with van der Waals surface area (Å²) in [5.41, 5.74) is 5.91. The molecule has 0 amide bonds. The molecule has 0 fully saturated rings. The quantitative estimate of drug-likeness (QED) is 0.297. The molecule has 0 aliphatic carbocycles. The third kappa shape index (κ3) is 6.19. The lowest BCUT2D eigenvalue weighted by molar-refractivity contribution is -0.137. The second-order valence-electron chi connectivity index (χ2n) is 6.16.